The van der Waals surface area contributed by atoms with E-state index in [0.717, 1.165) is 12.2 Å². The summed E-state index contributed by atoms with van der Waals surface area (Å²) in [6, 6.07) is 0. The average molecular weight is 162 g/mol. The Morgan fingerprint density at radius 1 is 1.36 bits per heavy atom. The van der Waals surface area contributed by atoms with Crippen molar-refractivity contribution in [3.05, 3.63) is 0 Å². The van der Waals surface area contributed by atoms with E-state index in [2.05, 4.69) is 0 Å². The monoisotopic (exact) mass is 162 g/mol. The summed E-state index contributed by atoms with van der Waals surface area (Å²) in [5.41, 5.74) is 0. The minimum Gasteiger partial charge on any atom is -0.394 e. The summed E-state index contributed by atoms with van der Waals surface area (Å²) in [5.74, 6) is 0. The van der Waals surface area contributed by atoms with Crippen molar-refractivity contribution in [1.82, 2.24) is 0 Å². The van der Waals surface area contributed by atoms with E-state index in [9.17, 15) is 0 Å². The van der Waals surface area contributed by atoms with Crippen LogP contribution in [0, 0.1) is 10.8 Å². The second kappa shape index (κ2) is 23.4. The highest BCUT2D eigenvalue weighted by Crippen LogP contribution is 1.68. The van der Waals surface area contributed by atoms with Crippen molar-refractivity contribution in [1.29, 1.82) is 10.8 Å². The lowest BCUT2D eigenvalue weighted by molar-refractivity contribution is 0.110. The third-order valence-electron chi connectivity index (χ3n) is 0.264. The Balaban J connectivity index is -0.0000000933. The Morgan fingerprint density at radius 2 is 1.45 bits per heavy atom. The molecule has 6 heteroatoms. The molecule has 0 aromatic heterocycles. The van der Waals surface area contributed by atoms with Crippen LogP contribution in [0.3, 0.4) is 0 Å². The van der Waals surface area contributed by atoms with Gasteiger partial charge in [0.05, 0.1) is 12.7 Å². The van der Waals surface area contributed by atoms with Gasteiger partial charge in [-0.05, 0) is 6.92 Å². The number of isocyanates is 2. The molecule has 0 heterocycles. The average Bonchev–Trinajstić information content (AvgIpc) is 1.91. The molecule has 1 atom stereocenters. The molecule has 4 N–H and O–H groups in total. The first kappa shape index (κ1) is 16.3. The largest absolute Gasteiger partial charge is 0.394 e. The van der Waals surface area contributed by atoms with Crippen molar-refractivity contribution in [2.24, 2.45) is 0 Å². The summed E-state index contributed by atoms with van der Waals surface area (Å²) in [6.45, 7) is 1.39. The summed E-state index contributed by atoms with van der Waals surface area (Å²) >= 11 is 0. The van der Waals surface area contributed by atoms with E-state index in [1.54, 1.807) is 0 Å². The predicted octanol–water partition coefficient (Wildman–Crippen LogP) is -0.839. The molecule has 0 bridgehead atoms. The second-order valence-electron chi connectivity index (χ2n) is 1.24. The smallest absolute Gasteiger partial charge is 0.231 e. The fourth-order valence-corrected chi connectivity index (χ4v) is 0. The molecular weight excluding hydrogens is 152 g/mol. The van der Waals surface area contributed by atoms with E-state index in [4.69, 9.17) is 30.6 Å². The zero-order chi connectivity index (χ0) is 9.70. The Labute approximate surface area is 63.5 Å². The number of hydrogen-bond donors (Lipinski definition) is 4. The van der Waals surface area contributed by atoms with Gasteiger partial charge in [-0.15, -0.1) is 0 Å². The van der Waals surface area contributed by atoms with Gasteiger partial charge in [0.1, 0.15) is 0 Å². The van der Waals surface area contributed by atoms with Gasteiger partial charge < -0.3 is 10.2 Å². The minimum atomic E-state index is -0.560. The Kier molecular flexibility index (Phi) is 34.7. The third kappa shape index (κ3) is 838. The van der Waals surface area contributed by atoms with Gasteiger partial charge in [-0.3, -0.25) is 0 Å². The molecule has 0 aliphatic heterocycles. The number of hydrogen-bond acceptors (Lipinski definition) is 6. The van der Waals surface area contributed by atoms with Gasteiger partial charge in [0.2, 0.25) is 12.2 Å². The molecule has 0 rings (SSSR count). The van der Waals surface area contributed by atoms with Crippen LogP contribution in [0.5, 0.6) is 0 Å². The van der Waals surface area contributed by atoms with Crippen LogP contribution >= 0.6 is 0 Å². The zero-order valence-electron chi connectivity index (χ0n) is 6.00. The van der Waals surface area contributed by atoms with E-state index in [0.29, 0.717) is 0 Å². The summed E-state index contributed by atoms with van der Waals surface area (Å²) in [5, 5.41) is 26.8. The predicted molar refractivity (Wildman–Crippen MR) is 35.6 cm³/mol. The number of carbonyl (C=O) groups excluding carboxylic acids is 2. The van der Waals surface area contributed by atoms with Crippen LogP contribution in [0.15, 0.2) is 0 Å². The molecule has 0 aromatic rings. The third-order valence-corrected chi connectivity index (χ3v) is 0.264. The summed E-state index contributed by atoms with van der Waals surface area (Å²) in [7, 11) is 0. The van der Waals surface area contributed by atoms with Crippen LogP contribution in [-0.4, -0.2) is 35.1 Å². The van der Waals surface area contributed by atoms with E-state index in [1.165, 1.54) is 6.92 Å². The number of aliphatic hydroxyl groups excluding tert-OH is 2. The van der Waals surface area contributed by atoms with Crippen molar-refractivity contribution in [3.8, 4) is 0 Å². The van der Waals surface area contributed by atoms with Crippen LogP contribution < -0.4 is 0 Å². The van der Waals surface area contributed by atoms with Gasteiger partial charge in [-0.1, -0.05) is 0 Å². The molecule has 0 saturated carbocycles. The highest BCUT2D eigenvalue weighted by Gasteiger charge is 1.83. The molecule has 0 fully saturated rings. The molecule has 1 unspecified atom stereocenters. The minimum absolute atomic E-state index is 0.139. The molecule has 0 saturated heterocycles. The lowest BCUT2D eigenvalue weighted by Gasteiger charge is -1.90. The molecule has 0 spiro atoms. The highest BCUT2D eigenvalue weighted by atomic mass is 16.3. The van der Waals surface area contributed by atoms with Gasteiger partial charge in [-0.25, -0.2) is 20.4 Å². The SMILES string of the molecule is CC(O)CO.N=C=O.N=C=O. The van der Waals surface area contributed by atoms with Crippen LogP contribution in [0.2, 0.25) is 0 Å². The molecule has 0 aromatic carbocycles. The number of nitrogens with one attached hydrogen (secondary N) is 2. The van der Waals surface area contributed by atoms with Gasteiger partial charge in [0.25, 0.3) is 0 Å². The Morgan fingerprint density at radius 3 is 1.45 bits per heavy atom. The maximum Gasteiger partial charge on any atom is 0.231 e. The first-order valence-electron chi connectivity index (χ1n) is 2.47. The standard InChI is InChI=1S/C3H8O2.2CHNO/c1-3(5)2-4;2*2-1-3/h3-5H,2H2,1H3;2*2H. The normalized spacial score (nSPS) is 8.27. The van der Waals surface area contributed by atoms with E-state index >= 15 is 0 Å². The lowest BCUT2D eigenvalue weighted by atomic mass is 10.5. The molecule has 0 radical (unpaired) electrons. The van der Waals surface area contributed by atoms with Crippen molar-refractivity contribution in [2.75, 3.05) is 6.61 Å². The van der Waals surface area contributed by atoms with Crippen molar-refractivity contribution < 1.29 is 19.8 Å². The fraction of sp³-hybridized carbons (Fsp3) is 0.600. The molecule has 6 nitrogen and oxygen atoms in total. The fourth-order valence-electron chi connectivity index (χ4n) is 0. The van der Waals surface area contributed by atoms with E-state index in [1.807, 2.05) is 0 Å². The first-order chi connectivity index (χ1) is 5.10. The van der Waals surface area contributed by atoms with Crippen LogP contribution in [0.25, 0.3) is 0 Å². The summed E-state index contributed by atoms with van der Waals surface area (Å²) in [4.78, 5) is 16.7. The summed E-state index contributed by atoms with van der Waals surface area (Å²) < 4.78 is 0. The molecule has 0 amide bonds. The number of rotatable bonds is 1. The Hall–Kier alpha value is -1.32. The summed E-state index contributed by atoms with van der Waals surface area (Å²) in [6.07, 6.45) is 0.940. The van der Waals surface area contributed by atoms with Gasteiger partial charge >= 0.3 is 0 Å². The number of aliphatic hydroxyl groups is 2. The molecular formula is C5H10N2O4. The maximum absolute atomic E-state index is 8.35. The van der Waals surface area contributed by atoms with Crippen LogP contribution in [0.4, 0.5) is 0 Å². The quantitative estimate of drug-likeness (QED) is 0.296. The van der Waals surface area contributed by atoms with Gasteiger partial charge in [0.15, 0.2) is 0 Å². The topological polar surface area (TPSA) is 122 Å². The van der Waals surface area contributed by atoms with E-state index in [-0.39, 0.29) is 6.61 Å². The first-order valence-corrected chi connectivity index (χ1v) is 2.47. The highest BCUT2D eigenvalue weighted by molar-refractivity contribution is 5.26. The lowest BCUT2D eigenvalue weighted by Crippen LogP contribution is -2.03. The molecule has 0 aliphatic rings. The second-order valence-corrected chi connectivity index (χ2v) is 1.24. The van der Waals surface area contributed by atoms with Crippen LogP contribution in [-0.2, 0) is 9.59 Å². The Bertz CT molecular complexity index is 110. The molecule has 0 aliphatic carbocycles. The molecule has 64 valence electrons. The van der Waals surface area contributed by atoms with Crippen LogP contribution in [0.1, 0.15) is 6.92 Å². The molecule has 11 heavy (non-hydrogen) atoms. The van der Waals surface area contributed by atoms with Crippen molar-refractivity contribution >= 4 is 12.2 Å². The zero-order valence-corrected chi connectivity index (χ0v) is 6.00. The maximum atomic E-state index is 8.35. The van der Waals surface area contributed by atoms with Crippen molar-refractivity contribution in [3.63, 3.8) is 0 Å². The van der Waals surface area contributed by atoms with Gasteiger partial charge in [0, 0.05) is 0 Å². The van der Waals surface area contributed by atoms with E-state index < -0.39 is 6.10 Å². The van der Waals surface area contributed by atoms with Gasteiger partial charge in [-0.2, -0.15) is 0 Å². The van der Waals surface area contributed by atoms with Crippen molar-refractivity contribution in [2.45, 2.75) is 13.0 Å².